The second-order valence-electron chi connectivity index (χ2n) is 8.04. The number of sulfone groups is 1. The second-order valence-corrected chi connectivity index (χ2v) is 10.5. The molecule has 2 saturated heterocycles. The molecule has 0 N–H and O–H groups in total. The van der Waals surface area contributed by atoms with Gasteiger partial charge in [0.15, 0.2) is 9.84 Å². The Morgan fingerprint density at radius 3 is 2.61 bits per heavy atom. The highest BCUT2D eigenvalue weighted by atomic mass is 32.2. The van der Waals surface area contributed by atoms with Crippen molar-refractivity contribution >= 4 is 15.7 Å². The second kappa shape index (κ2) is 6.94. The van der Waals surface area contributed by atoms with E-state index in [2.05, 4.69) is 15.1 Å². The van der Waals surface area contributed by atoms with E-state index in [0.29, 0.717) is 17.5 Å². The van der Waals surface area contributed by atoms with Crippen LogP contribution in [0.2, 0.25) is 0 Å². The van der Waals surface area contributed by atoms with Crippen LogP contribution in [0.3, 0.4) is 0 Å². The number of carbonyl (C=O) groups is 1. The lowest BCUT2D eigenvalue weighted by atomic mass is 9.82. The smallest absolute Gasteiger partial charge is 0.255 e. The van der Waals surface area contributed by atoms with Crippen molar-refractivity contribution in [2.24, 2.45) is 0 Å². The van der Waals surface area contributed by atoms with Crippen LogP contribution in [0.5, 0.6) is 0 Å². The summed E-state index contributed by atoms with van der Waals surface area (Å²) >= 11 is 0. The zero-order chi connectivity index (χ0) is 21.8. The summed E-state index contributed by atoms with van der Waals surface area (Å²) in [5, 5.41) is 3.95. The predicted octanol–water partition coefficient (Wildman–Crippen LogP) is 2.38. The molecular weight excluding hydrogens is 423 g/mol. The number of halogens is 1. The molecule has 2 aliphatic heterocycles. The van der Waals surface area contributed by atoms with Crippen LogP contribution in [-0.2, 0) is 9.84 Å². The number of hydrogen-bond donors (Lipinski definition) is 0. The third-order valence-corrected chi connectivity index (χ3v) is 8.69. The van der Waals surface area contributed by atoms with Crippen LogP contribution in [0.25, 0.3) is 11.4 Å². The SMILES string of the molecule is Cc1ccc(C(=O)N2CC3(C2)C(c2nc(-c4ccc(F)cc4)no2)CCS3(=O)=O)cn1. The highest BCUT2D eigenvalue weighted by Gasteiger charge is 2.64. The van der Waals surface area contributed by atoms with Crippen molar-refractivity contribution < 1.29 is 22.1 Å². The number of likely N-dealkylation sites (tertiary alicyclic amines) is 1. The molecule has 4 heterocycles. The van der Waals surface area contributed by atoms with Gasteiger partial charge in [-0.05, 0) is 49.7 Å². The van der Waals surface area contributed by atoms with Gasteiger partial charge in [0.25, 0.3) is 5.91 Å². The van der Waals surface area contributed by atoms with E-state index in [1.54, 1.807) is 12.1 Å². The van der Waals surface area contributed by atoms with E-state index in [0.717, 1.165) is 5.69 Å². The van der Waals surface area contributed by atoms with Crippen molar-refractivity contribution in [2.75, 3.05) is 18.8 Å². The molecule has 31 heavy (non-hydrogen) atoms. The molecule has 1 amide bonds. The molecule has 160 valence electrons. The maximum Gasteiger partial charge on any atom is 0.255 e. The topological polar surface area (TPSA) is 106 Å². The Morgan fingerprint density at radius 1 is 1.19 bits per heavy atom. The molecule has 1 unspecified atom stereocenters. The van der Waals surface area contributed by atoms with Crippen LogP contribution >= 0.6 is 0 Å². The van der Waals surface area contributed by atoms with E-state index in [1.165, 1.54) is 35.4 Å². The Morgan fingerprint density at radius 2 is 1.94 bits per heavy atom. The summed E-state index contributed by atoms with van der Waals surface area (Å²) in [6.07, 6.45) is 1.85. The number of aryl methyl sites for hydroxylation is 1. The van der Waals surface area contributed by atoms with Gasteiger partial charge in [-0.1, -0.05) is 5.16 Å². The molecule has 2 aromatic heterocycles. The van der Waals surface area contributed by atoms with Crippen LogP contribution in [0.1, 0.15) is 34.3 Å². The minimum Gasteiger partial charge on any atom is -0.339 e. The molecule has 1 spiro atoms. The first kappa shape index (κ1) is 19.8. The van der Waals surface area contributed by atoms with Gasteiger partial charge in [-0.2, -0.15) is 4.98 Å². The average Bonchev–Trinajstić information content (AvgIpc) is 3.29. The first-order chi connectivity index (χ1) is 14.8. The van der Waals surface area contributed by atoms with E-state index < -0.39 is 20.5 Å². The molecule has 2 aliphatic rings. The van der Waals surface area contributed by atoms with E-state index >= 15 is 0 Å². The fourth-order valence-electron chi connectivity index (χ4n) is 4.33. The first-order valence-corrected chi connectivity index (χ1v) is 11.5. The van der Waals surface area contributed by atoms with Crippen LogP contribution in [0.4, 0.5) is 4.39 Å². The monoisotopic (exact) mass is 442 g/mol. The molecular formula is C21H19FN4O4S. The number of amides is 1. The van der Waals surface area contributed by atoms with Crippen molar-refractivity contribution in [1.82, 2.24) is 20.0 Å². The van der Waals surface area contributed by atoms with Crippen molar-refractivity contribution in [3.63, 3.8) is 0 Å². The fraction of sp³-hybridized carbons (Fsp3) is 0.333. The first-order valence-electron chi connectivity index (χ1n) is 9.83. The minimum atomic E-state index is -3.45. The number of benzene rings is 1. The molecule has 10 heteroatoms. The van der Waals surface area contributed by atoms with Crippen LogP contribution in [0, 0.1) is 12.7 Å². The Labute approximate surface area is 178 Å². The summed E-state index contributed by atoms with van der Waals surface area (Å²) in [6.45, 7) is 1.97. The molecule has 8 nitrogen and oxygen atoms in total. The van der Waals surface area contributed by atoms with Crippen molar-refractivity contribution in [1.29, 1.82) is 0 Å². The van der Waals surface area contributed by atoms with Gasteiger partial charge in [0, 0.05) is 30.5 Å². The molecule has 2 fully saturated rings. The summed E-state index contributed by atoms with van der Waals surface area (Å²) in [6, 6.07) is 9.08. The highest BCUT2D eigenvalue weighted by molar-refractivity contribution is 7.93. The predicted molar refractivity (Wildman–Crippen MR) is 108 cm³/mol. The summed E-state index contributed by atoms with van der Waals surface area (Å²) in [5.41, 5.74) is 1.79. The molecule has 5 rings (SSSR count). The maximum absolute atomic E-state index is 13.2. The fourth-order valence-corrected chi connectivity index (χ4v) is 6.64. The van der Waals surface area contributed by atoms with E-state index in [9.17, 15) is 17.6 Å². The summed E-state index contributed by atoms with van der Waals surface area (Å²) in [5.74, 6) is -0.635. The van der Waals surface area contributed by atoms with Crippen LogP contribution in [-0.4, -0.2) is 57.9 Å². The lowest BCUT2D eigenvalue weighted by molar-refractivity contribution is 0.0503. The van der Waals surface area contributed by atoms with E-state index in [-0.39, 0.29) is 42.3 Å². The zero-order valence-electron chi connectivity index (χ0n) is 16.7. The van der Waals surface area contributed by atoms with Gasteiger partial charge in [-0.25, -0.2) is 12.8 Å². The van der Waals surface area contributed by atoms with Crippen molar-refractivity contribution in [2.45, 2.75) is 24.0 Å². The van der Waals surface area contributed by atoms with Crippen LogP contribution < -0.4 is 0 Å². The third-order valence-electron chi connectivity index (χ3n) is 6.13. The minimum absolute atomic E-state index is 0.0000456. The summed E-state index contributed by atoms with van der Waals surface area (Å²) in [4.78, 5) is 22.8. The molecule has 0 aliphatic carbocycles. The molecule has 1 aromatic carbocycles. The number of hydrogen-bond acceptors (Lipinski definition) is 7. The Kier molecular flexibility index (Phi) is 4.44. The van der Waals surface area contributed by atoms with Gasteiger partial charge >= 0.3 is 0 Å². The number of aromatic nitrogens is 3. The molecule has 1 atom stereocenters. The van der Waals surface area contributed by atoms with Gasteiger partial charge in [0.05, 0.1) is 17.2 Å². The third kappa shape index (κ3) is 3.13. The molecule has 0 radical (unpaired) electrons. The van der Waals surface area contributed by atoms with E-state index in [1.807, 2.05) is 6.92 Å². The Balaban J connectivity index is 1.40. The number of nitrogens with zero attached hydrogens (tertiary/aromatic N) is 4. The number of pyridine rings is 1. The van der Waals surface area contributed by atoms with Crippen molar-refractivity contribution in [3.8, 4) is 11.4 Å². The van der Waals surface area contributed by atoms with Gasteiger partial charge in [-0.3, -0.25) is 9.78 Å². The van der Waals surface area contributed by atoms with Gasteiger partial charge < -0.3 is 9.42 Å². The average molecular weight is 442 g/mol. The molecule has 0 saturated carbocycles. The largest absolute Gasteiger partial charge is 0.339 e. The van der Waals surface area contributed by atoms with E-state index in [4.69, 9.17) is 4.52 Å². The van der Waals surface area contributed by atoms with Gasteiger partial charge in [0.1, 0.15) is 10.6 Å². The summed E-state index contributed by atoms with van der Waals surface area (Å²) in [7, 11) is -3.45. The zero-order valence-corrected chi connectivity index (χ0v) is 17.5. The van der Waals surface area contributed by atoms with Crippen molar-refractivity contribution in [3.05, 3.63) is 65.6 Å². The lowest BCUT2D eigenvalue weighted by Gasteiger charge is -2.48. The Bertz CT molecular complexity index is 1250. The number of carbonyl (C=O) groups excluding carboxylic acids is 1. The standard InChI is InChI=1S/C21H19FN4O4S/c1-13-2-3-15(10-23-13)20(27)26-11-21(12-26)17(8-9-31(21,28)29)19-24-18(25-30-19)14-4-6-16(22)7-5-14/h2-7,10,17H,8-9,11-12H2,1H3. The highest BCUT2D eigenvalue weighted by Crippen LogP contribution is 2.49. The lowest BCUT2D eigenvalue weighted by Crippen LogP contribution is -2.67. The number of rotatable bonds is 3. The molecule has 3 aromatic rings. The van der Waals surface area contributed by atoms with Gasteiger partial charge in [0.2, 0.25) is 11.7 Å². The quantitative estimate of drug-likeness (QED) is 0.613. The van der Waals surface area contributed by atoms with Crippen LogP contribution in [0.15, 0.2) is 47.1 Å². The normalized spacial score (nSPS) is 21.2. The van der Waals surface area contributed by atoms with Gasteiger partial charge in [-0.15, -0.1) is 0 Å². The Hall–Kier alpha value is -3.14. The maximum atomic E-state index is 13.2. The summed E-state index contributed by atoms with van der Waals surface area (Å²) < 4.78 is 43.3. The molecule has 0 bridgehead atoms.